The van der Waals surface area contributed by atoms with Gasteiger partial charge in [-0.15, -0.1) is 11.3 Å². The van der Waals surface area contributed by atoms with E-state index in [0.29, 0.717) is 17.3 Å². The van der Waals surface area contributed by atoms with Crippen LogP contribution in [-0.2, 0) is 23.0 Å². The van der Waals surface area contributed by atoms with Crippen LogP contribution in [0.5, 0.6) is 0 Å². The summed E-state index contributed by atoms with van der Waals surface area (Å²) in [4.78, 5) is 3.44. The highest BCUT2D eigenvalue weighted by Crippen LogP contribution is 2.26. The second-order valence-electron chi connectivity index (χ2n) is 5.39. The zero-order valence-electron chi connectivity index (χ0n) is 12.6. The molecule has 0 aromatic carbocycles. The third-order valence-corrected chi connectivity index (χ3v) is 8.22. The van der Waals surface area contributed by atoms with Gasteiger partial charge in [-0.25, -0.2) is 8.42 Å². The first-order valence-corrected chi connectivity index (χ1v) is 10.6. The van der Waals surface area contributed by atoms with E-state index in [2.05, 4.69) is 21.7 Å². The Hall–Kier alpha value is -0.730. The number of aryl methyl sites for hydroxylation is 1. The maximum Gasteiger partial charge on any atom is 0.252 e. The van der Waals surface area contributed by atoms with Gasteiger partial charge in [0, 0.05) is 37.6 Å². The molecule has 1 aliphatic heterocycles. The Morgan fingerprint density at radius 3 is 2.50 bits per heavy atom. The molecule has 7 heteroatoms. The van der Waals surface area contributed by atoms with Crippen LogP contribution in [0, 0.1) is 0 Å². The number of hydrogen-bond donors (Lipinski definition) is 0. The first-order chi connectivity index (χ1) is 10.6. The molecule has 22 heavy (non-hydrogen) atoms. The van der Waals surface area contributed by atoms with Crippen LogP contribution in [0.1, 0.15) is 17.4 Å². The summed E-state index contributed by atoms with van der Waals surface area (Å²) >= 11 is 3.10. The summed E-state index contributed by atoms with van der Waals surface area (Å²) in [7, 11) is -3.31. The summed E-state index contributed by atoms with van der Waals surface area (Å²) in [6.07, 6.45) is 0.884. The Kier molecular flexibility index (Phi) is 4.99. The van der Waals surface area contributed by atoms with Crippen molar-refractivity contribution in [3.8, 4) is 0 Å². The lowest BCUT2D eigenvalue weighted by atomic mass is 10.3. The van der Waals surface area contributed by atoms with Gasteiger partial charge in [-0.3, -0.25) is 4.90 Å². The molecular formula is C15H20N2O2S3. The third kappa shape index (κ3) is 3.44. The van der Waals surface area contributed by atoms with E-state index < -0.39 is 10.0 Å². The van der Waals surface area contributed by atoms with E-state index in [0.717, 1.165) is 30.9 Å². The van der Waals surface area contributed by atoms with E-state index in [1.165, 1.54) is 16.9 Å². The molecule has 0 bridgehead atoms. The van der Waals surface area contributed by atoms with Crippen LogP contribution < -0.4 is 0 Å². The van der Waals surface area contributed by atoms with Crippen LogP contribution in [0.15, 0.2) is 33.2 Å². The highest BCUT2D eigenvalue weighted by Gasteiger charge is 2.29. The maximum absolute atomic E-state index is 12.7. The van der Waals surface area contributed by atoms with Gasteiger partial charge in [0.05, 0.1) is 0 Å². The van der Waals surface area contributed by atoms with Crippen LogP contribution >= 0.6 is 22.7 Å². The Labute approximate surface area is 140 Å². The number of rotatable bonds is 5. The number of piperazine rings is 1. The van der Waals surface area contributed by atoms with Crippen molar-refractivity contribution in [2.45, 2.75) is 24.1 Å². The Morgan fingerprint density at radius 1 is 1.14 bits per heavy atom. The molecule has 3 rings (SSSR count). The zero-order chi connectivity index (χ0) is 15.6. The standard InChI is InChI=1S/C15H20N2O2S3/c1-2-14-3-4-15(21-14)22(18,19)17-8-6-16(7-9-17)11-13-5-10-20-12-13/h3-5,10,12H,2,6-9,11H2,1H3. The maximum atomic E-state index is 12.7. The van der Waals surface area contributed by atoms with Crippen LogP contribution in [0.2, 0.25) is 0 Å². The van der Waals surface area contributed by atoms with Crippen LogP contribution in [0.3, 0.4) is 0 Å². The highest BCUT2D eigenvalue weighted by atomic mass is 32.2. The molecular weight excluding hydrogens is 336 g/mol. The molecule has 2 aromatic rings. The van der Waals surface area contributed by atoms with E-state index in [9.17, 15) is 8.42 Å². The van der Waals surface area contributed by atoms with Gasteiger partial charge < -0.3 is 0 Å². The fourth-order valence-electron chi connectivity index (χ4n) is 2.58. The van der Waals surface area contributed by atoms with Crippen molar-refractivity contribution in [3.63, 3.8) is 0 Å². The highest BCUT2D eigenvalue weighted by molar-refractivity contribution is 7.91. The summed E-state index contributed by atoms with van der Waals surface area (Å²) in [5.74, 6) is 0. The first kappa shape index (κ1) is 16.1. The fourth-order valence-corrected chi connectivity index (χ4v) is 6.11. The second-order valence-corrected chi connectivity index (χ2v) is 9.50. The molecule has 0 amide bonds. The summed E-state index contributed by atoms with van der Waals surface area (Å²) < 4.78 is 27.4. The zero-order valence-corrected chi connectivity index (χ0v) is 15.0. The fraction of sp³-hybridized carbons (Fsp3) is 0.467. The van der Waals surface area contributed by atoms with Crippen molar-refractivity contribution in [3.05, 3.63) is 39.4 Å². The van der Waals surface area contributed by atoms with Gasteiger partial charge in [0.15, 0.2) is 0 Å². The molecule has 2 aromatic heterocycles. The quantitative estimate of drug-likeness (QED) is 0.827. The molecule has 0 N–H and O–H groups in total. The summed E-state index contributed by atoms with van der Waals surface area (Å²) in [5, 5.41) is 4.24. The Balaban J connectivity index is 1.62. The van der Waals surface area contributed by atoms with E-state index >= 15 is 0 Å². The van der Waals surface area contributed by atoms with Crippen molar-refractivity contribution in [1.82, 2.24) is 9.21 Å². The van der Waals surface area contributed by atoms with Crippen molar-refractivity contribution >= 4 is 32.7 Å². The third-order valence-electron chi connectivity index (χ3n) is 3.90. The van der Waals surface area contributed by atoms with Crippen LogP contribution in [0.4, 0.5) is 0 Å². The van der Waals surface area contributed by atoms with Gasteiger partial charge in [0.2, 0.25) is 0 Å². The average molecular weight is 357 g/mol. The number of hydrogen-bond acceptors (Lipinski definition) is 5. The molecule has 0 radical (unpaired) electrons. The first-order valence-electron chi connectivity index (χ1n) is 7.42. The smallest absolute Gasteiger partial charge is 0.252 e. The van der Waals surface area contributed by atoms with Crippen LogP contribution in [-0.4, -0.2) is 43.8 Å². The molecule has 4 nitrogen and oxygen atoms in total. The molecule has 1 saturated heterocycles. The SMILES string of the molecule is CCc1ccc(S(=O)(=O)N2CCN(Cc3ccsc3)CC2)s1. The van der Waals surface area contributed by atoms with E-state index in [4.69, 9.17) is 0 Å². The number of thiophene rings is 2. The lowest BCUT2D eigenvalue weighted by Gasteiger charge is -2.33. The average Bonchev–Trinajstić information content (AvgIpc) is 3.19. The monoisotopic (exact) mass is 356 g/mol. The summed E-state index contributed by atoms with van der Waals surface area (Å²) in [6, 6.07) is 5.80. The molecule has 0 aliphatic carbocycles. The van der Waals surface area contributed by atoms with Gasteiger partial charge in [-0.05, 0) is 40.9 Å². The topological polar surface area (TPSA) is 40.6 Å². The van der Waals surface area contributed by atoms with Gasteiger partial charge in [-0.1, -0.05) is 6.92 Å². The minimum atomic E-state index is -3.31. The largest absolute Gasteiger partial charge is 0.296 e. The number of sulfonamides is 1. The van der Waals surface area contributed by atoms with Crippen molar-refractivity contribution < 1.29 is 8.42 Å². The van der Waals surface area contributed by atoms with Crippen molar-refractivity contribution in [2.24, 2.45) is 0 Å². The van der Waals surface area contributed by atoms with Crippen LogP contribution in [0.25, 0.3) is 0 Å². The predicted octanol–water partition coefficient (Wildman–Crippen LogP) is 2.88. The van der Waals surface area contributed by atoms with E-state index in [1.807, 2.05) is 13.0 Å². The number of nitrogens with zero attached hydrogens (tertiary/aromatic N) is 2. The lowest BCUT2D eigenvalue weighted by molar-refractivity contribution is 0.182. The predicted molar refractivity (Wildman–Crippen MR) is 92.1 cm³/mol. The normalized spacial score (nSPS) is 17.9. The van der Waals surface area contributed by atoms with E-state index in [-0.39, 0.29) is 0 Å². The lowest BCUT2D eigenvalue weighted by Crippen LogP contribution is -2.47. The van der Waals surface area contributed by atoms with Gasteiger partial charge in [-0.2, -0.15) is 15.6 Å². The molecule has 3 heterocycles. The Morgan fingerprint density at radius 2 is 1.91 bits per heavy atom. The molecule has 1 aliphatic rings. The molecule has 0 saturated carbocycles. The van der Waals surface area contributed by atoms with E-state index in [1.54, 1.807) is 21.7 Å². The summed E-state index contributed by atoms with van der Waals surface area (Å²) in [6.45, 7) is 5.70. The molecule has 0 unspecified atom stereocenters. The van der Waals surface area contributed by atoms with Crippen molar-refractivity contribution in [2.75, 3.05) is 26.2 Å². The van der Waals surface area contributed by atoms with Gasteiger partial charge in [0.1, 0.15) is 4.21 Å². The minimum Gasteiger partial charge on any atom is -0.296 e. The minimum absolute atomic E-state index is 0.482. The molecule has 120 valence electrons. The molecule has 0 spiro atoms. The second kappa shape index (κ2) is 6.80. The van der Waals surface area contributed by atoms with Gasteiger partial charge in [0.25, 0.3) is 10.0 Å². The van der Waals surface area contributed by atoms with Crippen molar-refractivity contribution in [1.29, 1.82) is 0 Å². The molecule has 0 atom stereocenters. The van der Waals surface area contributed by atoms with Gasteiger partial charge >= 0.3 is 0 Å². The molecule has 1 fully saturated rings. The Bertz CT molecular complexity index is 699. The summed E-state index contributed by atoms with van der Waals surface area (Å²) in [5.41, 5.74) is 1.31.